The van der Waals surface area contributed by atoms with E-state index in [1.165, 1.54) is 29.7 Å². The number of aromatic nitrogens is 2. The van der Waals surface area contributed by atoms with Crippen LogP contribution in [-0.2, 0) is 17.8 Å². The number of rotatable bonds is 4. The SMILES string of the molecule is C=CC(=O)N1CCc2ncc(-c3nc4c5ccsc5c3-c3c(F)cc(F)cc3OCCCC/C=C/COc3cc(NC)c(C=N)cc3-4)cc2C1. The topological polar surface area (TPSA) is 100 Å². The number of allylic oxidation sites excluding steroid dienone is 1. The number of nitrogens with one attached hydrogen (secondary N) is 2. The van der Waals surface area contributed by atoms with Crippen LogP contribution in [0.15, 0.2) is 72.8 Å². The van der Waals surface area contributed by atoms with Gasteiger partial charge in [0.15, 0.2) is 0 Å². The molecule has 0 saturated carbocycles. The lowest BCUT2D eigenvalue weighted by atomic mass is 9.93. The standard InChI is InChI=1S/C39H35F2N5O3S/c1-3-34(47)46-11-9-30-25(22-46)15-24(21-44-30)37-36-35-29(41)17-26(40)18-33(35)49-13-8-6-4-5-7-12-48-32-19-31(43-2)23(20-42)16-28(32)38(45-37)27-10-14-50-39(27)36/h3,5,7,10,14-21,42-43H,1,4,6,8-9,11-13,22H2,2H3/b7-5+,42-20?. The molecular formula is C39H35F2N5O3S. The number of carbonyl (C=O) groups excluding carboxylic acids is 1. The lowest BCUT2D eigenvalue weighted by Gasteiger charge is -2.27. The molecule has 0 fully saturated rings. The van der Waals surface area contributed by atoms with Gasteiger partial charge in [-0.25, -0.2) is 13.8 Å². The smallest absolute Gasteiger partial charge is 0.246 e. The van der Waals surface area contributed by atoms with Crippen molar-refractivity contribution in [3.63, 3.8) is 0 Å². The van der Waals surface area contributed by atoms with Crippen molar-refractivity contribution < 1.29 is 23.0 Å². The molecule has 1 amide bonds. The average Bonchev–Trinajstić information content (AvgIpc) is 3.62. The van der Waals surface area contributed by atoms with Gasteiger partial charge in [-0.1, -0.05) is 18.7 Å². The summed E-state index contributed by atoms with van der Waals surface area (Å²) in [5, 5.41) is 14.0. The molecule has 2 N–H and O–H groups in total. The number of ether oxygens (including phenoxy) is 2. The van der Waals surface area contributed by atoms with Crippen LogP contribution in [-0.4, -0.2) is 53.8 Å². The molecule has 0 aliphatic carbocycles. The Balaban J connectivity index is 1.55. The molecule has 0 radical (unpaired) electrons. The van der Waals surface area contributed by atoms with E-state index in [1.54, 1.807) is 18.1 Å². The molecule has 0 spiro atoms. The molecule has 2 aromatic carbocycles. The molecular weight excluding hydrogens is 657 g/mol. The van der Waals surface area contributed by atoms with Gasteiger partial charge in [0.1, 0.15) is 29.7 Å². The van der Waals surface area contributed by atoms with Gasteiger partial charge < -0.3 is 25.1 Å². The highest BCUT2D eigenvalue weighted by Gasteiger charge is 2.28. The van der Waals surface area contributed by atoms with E-state index in [1.807, 2.05) is 41.8 Å². The van der Waals surface area contributed by atoms with E-state index in [-0.39, 0.29) is 23.8 Å². The zero-order chi connectivity index (χ0) is 34.8. The Hall–Kier alpha value is -5.42. The molecule has 8 nitrogen and oxygen atoms in total. The average molecular weight is 692 g/mol. The lowest BCUT2D eigenvalue weighted by Crippen LogP contribution is -2.35. The third-order valence-electron chi connectivity index (χ3n) is 9.03. The van der Waals surface area contributed by atoms with Gasteiger partial charge >= 0.3 is 0 Å². The molecule has 50 heavy (non-hydrogen) atoms. The molecule has 5 aromatic rings. The fourth-order valence-corrected chi connectivity index (χ4v) is 7.51. The van der Waals surface area contributed by atoms with E-state index in [0.717, 1.165) is 41.2 Å². The first-order chi connectivity index (χ1) is 24.4. The highest BCUT2D eigenvalue weighted by molar-refractivity contribution is 7.18. The molecule has 3 aromatic heterocycles. The minimum Gasteiger partial charge on any atom is -0.493 e. The predicted octanol–water partition coefficient (Wildman–Crippen LogP) is 8.58. The van der Waals surface area contributed by atoms with Crippen LogP contribution < -0.4 is 14.8 Å². The Morgan fingerprint density at radius 1 is 1.08 bits per heavy atom. The van der Waals surface area contributed by atoms with Crippen molar-refractivity contribution in [2.45, 2.75) is 32.2 Å². The Bertz CT molecular complexity index is 2180. The summed E-state index contributed by atoms with van der Waals surface area (Å²) in [6.07, 6.45) is 11.2. The summed E-state index contributed by atoms with van der Waals surface area (Å²) in [4.78, 5) is 24.4. The molecule has 5 heterocycles. The maximum absolute atomic E-state index is 16.3. The third kappa shape index (κ3) is 6.24. The number of thiophene rings is 1. The van der Waals surface area contributed by atoms with E-state index in [9.17, 15) is 9.18 Å². The van der Waals surface area contributed by atoms with Gasteiger partial charge in [0.25, 0.3) is 0 Å². The Kier molecular flexibility index (Phi) is 9.40. The van der Waals surface area contributed by atoms with Gasteiger partial charge in [-0.15, -0.1) is 11.3 Å². The molecule has 254 valence electrons. The molecule has 2 aliphatic rings. The van der Waals surface area contributed by atoms with Crippen LogP contribution >= 0.6 is 11.3 Å². The van der Waals surface area contributed by atoms with Crippen LogP contribution in [0.3, 0.4) is 0 Å². The van der Waals surface area contributed by atoms with Crippen molar-refractivity contribution in [3.05, 3.63) is 101 Å². The summed E-state index contributed by atoms with van der Waals surface area (Å²) in [5.74, 6) is -1.03. The van der Waals surface area contributed by atoms with E-state index < -0.39 is 11.6 Å². The minimum absolute atomic E-state index is 0.0926. The number of hydrogen-bond acceptors (Lipinski definition) is 8. The second-order valence-corrected chi connectivity index (χ2v) is 13.0. The fraction of sp³-hybridized carbons (Fsp3) is 0.231. The molecule has 2 bridgehead atoms. The van der Waals surface area contributed by atoms with Crippen molar-refractivity contribution in [2.75, 3.05) is 32.1 Å². The predicted molar refractivity (Wildman–Crippen MR) is 194 cm³/mol. The van der Waals surface area contributed by atoms with E-state index in [0.29, 0.717) is 76.6 Å². The quantitative estimate of drug-likeness (QED) is 0.111. The number of pyridine rings is 2. The van der Waals surface area contributed by atoms with Crippen molar-refractivity contribution in [1.29, 1.82) is 5.41 Å². The van der Waals surface area contributed by atoms with Crippen molar-refractivity contribution in [1.82, 2.24) is 14.9 Å². The molecule has 2 aliphatic heterocycles. The van der Waals surface area contributed by atoms with Gasteiger partial charge in [-0.05, 0) is 54.5 Å². The number of fused-ring (bicyclic) bond motifs is 5. The van der Waals surface area contributed by atoms with Gasteiger partial charge in [0.05, 0.1) is 23.6 Å². The van der Waals surface area contributed by atoms with Crippen LogP contribution in [0.5, 0.6) is 11.5 Å². The monoisotopic (exact) mass is 691 g/mol. The number of anilines is 1. The Morgan fingerprint density at radius 2 is 1.96 bits per heavy atom. The second kappa shape index (κ2) is 14.2. The van der Waals surface area contributed by atoms with Crippen LogP contribution in [0.1, 0.15) is 36.1 Å². The summed E-state index contributed by atoms with van der Waals surface area (Å²) in [5.41, 5.74) is 5.87. The van der Waals surface area contributed by atoms with Gasteiger partial charge in [-0.3, -0.25) is 9.78 Å². The van der Waals surface area contributed by atoms with Crippen LogP contribution in [0.2, 0.25) is 0 Å². The lowest BCUT2D eigenvalue weighted by molar-refractivity contribution is -0.126. The van der Waals surface area contributed by atoms with E-state index in [2.05, 4.69) is 11.9 Å². The van der Waals surface area contributed by atoms with Crippen LogP contribution in [0, 0.1) is 17.0 Å². The first kappa shape index (κ1) is 33.1. The Labute approximate surface area is 292 Å². The molecule has 0 atom stereocenters. The number of benzene rings is 2. The highest BCUT2D eigenvalue weighted by Crippen LogP contribution is 2.49. The van der Waals surface area contributed by atoms with E-state index in [4.69, 9.17) is 24.9 Å². The first-order valence-electron chi connectivity index (χ1n) is 16.5. The summed E-state index contributed by atoms with van der Waals surface area (Å²) < 4.78 is 44.3. The molecule has 0 saturated heterocycles. The molecule has 0 unspecified atom stereocenters. The zero-order valence-electron chi connectivity index (χ0n) is 27.5. The molecule has 7 rings (SSSR count). The Morgan fingerprint density at radius 3 is 2.78 bits per heavy atom. The molecule has 11 heteroatoms. The third-order valence-corrected chi connectivity index (χ3v) is 9.96. The zero-order valence-corrected chi connectivity index (χ0v) is 28.3. The normalized spacial score (nSPS) is 15.1. The number of carbonyl (C=O) groups is 1. The highest BCUT2D eigenvalue weighted by atomic mass is 32.1. The van der Waals surface area contributed by atoms with Crippen molar-refractivity contribution in [3.8, 4) is 45.1 Å². The van der Waals surface area contributed by atoms with Crippen molar-refractivity contribution in [2.24, 2.45) is 0 Å². The largest absolute Gasteiger partial charge is 0.493 e. The number of amides is 1. The van der Waals surface area contributed by atoms with E-state index >= 15 is 4.39 Å². The van der Waals surface area contributed by atoms with Gasteiger partial charge in [-0.2, -0.15) is 0 Å². The first-order valence-corrected chi connectivity index (χ1v) is 17.4. The van der Waals surface area contributed by atoms with Crippen LogP contribution in [0.25, 0.3) is 43.7 Å². The number of nitrogens with zero attached hydrogens (tertiary/aromatic N) is 3. The second-order valence-electron chi connectivity index (χ2n) is 12.1. The fourth-order valence-electron chi connectivity index (χ4n) is 6.56. The summed E-state index contributed by atoms with van der Waals surface area (Å²) in [6, 6.07) is 9.70. The maximum atomic E-state index is 16.3. The van der Waals surface area contributed by atoms with Crippen LogP contribution in [0.4, 0.5) is 14.5 Å². The summed E-state index contributed by atoms with van der Waals surface area (Å²) in [7, 11) is 1.79. The van der Waals surface area contributed by atoms with Crippen molar-refractivity contribution >= 4 is 39.2 Å². The summed E-state index contributed by atoms with van der Waals surface area (Å²) in [6.45, 7) is 5.09. The maximum Gasteiger partial charge on any atom is 0.246 e. The minimum atomic E-state index is -0.770. The van der Waals surface area contributed by atoms with Gasteiger partial charge in [0.2, 0.25) is 5.91 Å². The number of halogens is 2. The van der Waals surface area contributed by atoms with Gasteiger partial charge in [0, 0.05) is 101 Å². The summed E-state index contributed by atoms with van der Waals surface area (Å²) >= 11 is 1.41. The number of hydrogen-bond donors (Lipinski definition) is 2.